The molecule has 0 bridgehead atoms. The number of amides is 1. The Balaban J connectivity index is 2.29. The van der Waals surface area contributed by atoms with E-state index in [-0.39, 0.29) is 12.1 Å². The summed E-state index contributed by atoms with van der Waals surface area (Å²) in [6.07, 6.45) is 1.32. The highest BCUT2D eigenvalue weighted by atomic mass is 16.6. The zero-order valence-corrected chi connectivity index (χ0v) is 7.38. The van der Waals surface area contributed by atoms with Crippen molar-refractivity contribution in [3.8, 4) is 0 Å². The summed E-state index contributed by atoms with van der Waals surface area (Å²) >= 11 is 0. The first kappa shape index (κ1) is 9.32. The van der Waals surface area contributed by atoms with Crippen LogP contribution < -0.4 is 5.73 Å². The Morgan fingerprint density at radius 2 is 2.17 bits per heavy atom. The molecule has 0 aromatic rings. The van der Waals surface area contributed by atoms with Crippen LogP contribution in [0.1, 0.15) is 19.8 Å². The fourth-order valence-electron chi connectivity index (χ4n) is 1.28. The van der Waals surface area contributed by atoms with Crippen LogP contribution in [0.5, 0.6) is 0 Å². The molecular weight excluding hydrogens is 156 g/mol. The molecule has 1 N–H and O–H groups in total. The summed E-state index contributed by atoms with van der Waals surface area (Å²) in [5.74, 6) is 0. The molecule has 0 spiro atoms. The van der Waals surface area contributed by atoms with Crippen molar-refractivity contribution in [2.45, 2.75) is 25.8 Å². The Bertz CT molecular complexity index is 153. The molecular formula is C8H15N2O2. The van der Waals surface area contributed by atoms with Crippen molar-refractivity contribution < 1.29 is 9.53 Å². The molecule has 1 heterocycles. The maximum Gasteiger partial charge on any atom is 0.409 e. The molecule has 4 heteroatoms. The van der Waals surface area contributed by atoms with Crippen LogP contribution in [0.3, 0.4) is 0 Å². The fourth-order valence-corrected chi connectivity index (χ4v) is 1.28. The zero-order valence-electron chi connectivity index (χ0n) is 7.38. The lowest BCUT2D eigenvalue weighted by Gasteiger charge is -2.28. The Morgan fingerprint density at radius 1 is 1.58 bits per heavy atom. The third kappa shape index (κ3) is 2.37. The van der Waals surface area contributed by atoms with Gasteiger partial charge in [0.15, 0.2) is 0 Å². The van der Waals surface area contributed by atoms with E-state index in [1.807, 2.05) is 0 Å². The van der Waals surface area contributed by atoms with Crippen LogP contribution in [0.25, 0.3) is 0 Å². The van der Waals surface area contributed by atoms with Gasteiger partial charge in [-0.3, -0.25) is 5.73 Å². The van der Waals surface area contributed by atoms with E-state index in [0.717, 1.165) is 12.8 Å². The van der Waals surface area contributed by atoms with Crippen molar-refractivity contribution in [3.05, 3.63) is 0 Å². The molecule has 0 aliphatic carbocycles. The standard InChI is InChI=1S/C8H15N2O2/c1-2-12-8(11)10-5-3-7(9)4-6-10/h7,9H,2-6H2,1H3. The minimum atomic E-state index is -0.232. The van der Waals surface area contributed by atoms with Crippen LogP contribution in [0.2, 0.25) is 0 Å². The van der Waals surface area contributed by atoms with Crippen molar-refractivity contribution in [2.24, 2.45) is 0 Å². The van der Waals surface area contributed by atoms with Crippen molar-refractivity contribution in [3.63, 3.8) is 0 Å². The highest BCUT2D eigenvalue weighted by molar-refractivity contribution is 5.67. The van der Waals surface area contributed by atoms with Gasteiger partial charge in [-0.15, -0.1) is 0 Å². The van der Waals surface area contributed by atoms with E-state index in [2.05, 4.69) is 0 Å². The molecule has 1 aliphatic heterocycles. The van der Waals surface area contributed by atoms with E-state index in [4.69, 9.17) is 10.5 Å². The number of piperidine rings is 1. The van der Waals surface area contributed by atoms with Crippen molar-refractivity contribution in [1.82, 2.24) is 10.6 Å². The summed E-state index contributed by atoms with van der Waals surface area (Å²) in [5, 5.41) is 0. The summed E-state index contributed by atoms with van der Waals surface area (Å²) in [4.78, 5) is 12.8. The lowest BCUT2D eigenvalue weighted by Crippen LogP contribution is -2.40. The highest BCUT2D eigenvalue weighted by Gasteiger charge is 2.21. The first-order valence-electron chi connectivity index (χ1n) is 4.37. The van der Waals surface area contributed by atoms with Crippen LogP contribution in [-0.4, -0.2) is 36.7 Å². The molecule has 0 unspecified atom stereocenters. The van der Waals surface area contributed by atoms with Crippen LogP contribution in [0, 0.1) is 0 Å². The number of rotatable bonds is 1. The predicted octanol–water partition coefficient (Wildman–Crippen LogP) is 0.890. The molecule has 1 amide bonds. The topological polar surface area (TPSA) is 53.3 Å². The molecule has 1 aliphatic rings. The van der Waals surface area contributed by atoms with Gasteiger partial charge in [0.1, 0.15) is 0 Å². The summed E-state index contributed by atoms with van der Waals surface area (Å²) in [7, 11) is 0. The van der Waals surface area contributed by atoms with E-state index >= 15 is 0 Å². The van der Waals surface area contributed by atoms with Crippen molar-refractivity contribution in [1.29, 1.82) is 0 Å². The molecule has 12 heavy (non-hydrogen) atoms. The Morgan fingerprint density at radius 3 is 2.67 bits per heavy atom. The molecule has 0 aromatic carbocycles. The van der Waals surface area contributed by atoms with E-state index < -0.39 is 0 Å². The number of likely N-dealkylation sites (tertiary alicyclic amines) is 1. The van der Waals surface area contributed by atoms with Gasteiger partial charge in [0.05, 0.1) is 6.61 Å². The van der Waals surface area contributed by atoms with Crippen LogP contribution in [0.4, 0.5) is 4.79 Å². The second-order valence-corrected chi connectivity index (χ2v) is 2.96. The first-order valence-corrected chi connectivity index (χ1v) is 4.37. The third-order valence-corrected chi connectivity index (χ3v) is 2.02. The lowest BCUT2D eigenvalue weighted by molar-refractivity contribution is 0.0971. The van der Waals surface area contributed by atoms with Gasteiger partial charge in [-0.05, 0) is 19.8 Å². The Kier molecular flexibility index (Phi) is 3.34. The van der Waals surface area contributed by atoms with Gasteiger partial charge < -0.3 is 9.64 Å². The van der Waals surface area contributed by atoms with E-state index in [0.29, 0.717) is 19.7 Å². The van der Waals surface area contributed by atoms with Gasteiger partial charge in [-0.25, -0.2) is 4.79 Å². The van der Waals surface area contributed by atoms with E-state index in [9.17, 15) is 4.79 Å². The second-order valence-electron chi connectivity index (χ2n) is 2.96. The van der Waals surface area contributed by atoms with Gasteiger partial charge in [0, 0.05) is 19.1 Å². The monoisotopic (exact) mass is 171 g/mol. The van der Waals surface area contributed by atoms with E-state index in [1.54, 1.807) is 11.8 Å². The molecule has 1 fully saturated rings. The van der Waals surface area contributed by atoms with Crippen LogP contribution in [-0.2, 0) is 4.74 Å². The number of hydrogen-bond acceptors (Lipinski definition) is 2. The lowest BCUT2D eigenvalue weighted by atomic mass is 10.1. The average molecular weight is 171 g/mol. The summed E-state index contributed by atoms with van der Waals surface area (Å²) < 4.78 is 4.84. The molecule has 0 atom stereocenters. The normalized spacial score (nSPS) is 19.3. The largest absolute Gasteiger partial charge is 0.450 e. The van der Waals surface area contributed by atoms with Gasteiger partial charge in [0.25, 0.3) is 0 Å². The average Bonchev–Trinajstić information content (AvgIpc) is 2.06. The maximum atomic E-state index is 11.1. The number of hydrogen-bond donors (Lipinski definition) is 0. The van der Waals surface area contributed by atoms with Gasteiger partial charge in [-0.1, -0.05) is 0 Å². The summed E-state index contributed by atoms with van der Waals surface area (Å²) in [6.45, 7) is 3.58. The molecule has 4 nitrogen and oxygen atoms in total. The van der Waals surface area contributed by atoms with Crippen molar-refractivity contribution in [2.75, 3.05) is 19.7 Å². The molecule has 1 radical (unpaired) electrons. The van der Waals surface area contributed by atoms with Gasteiger partial charge in [0.2, 0.25) is 0 Å². The second kappa shape index (κ2) is 4.30. The SMILES string of the molecule is CCOC(=O)N1CCC([NH])CC1. The first-order chi connectivity index (χ1) is 5.74. The number of nitrogens with one attached hydrogen (secondary N) is 1. The highest BCUT2D eigenvalue weighted by Crippen LogP contribution is 2.09. The molecule has 0 aromatic heterocycles. The van der Waals surface area contributed by atoms with Crippen LogP contribution >= 0.6 is 0 Å². The zero-order chi connectivity index (χ0) is 8.97. The van der Waals surface area contributed by atoms with E-state index in [1.165, 1.54) is 0 Å². The number of carbonyl (C=O) groups is 1. The fraction of sp³-hybridized carbons (Fsp3) is 0.875. The van der Waals surface area contributed by atoms with Gasteiger partial charge >= 0.3 is 6.09 Å². The Hall–Kier alpha value is -0.770. The predicted molar refractivity (Wildman–Crippen MR) is 44.7 cm³/mol. The number of nitrogens with zero attached hydrogens (tertiary/aromatic N) is 1. The quantitative estimate of drug-likeness (QED) is 0.588. The number of carbonyl (C=O) groups excluding carboxylic acids is 1. The third-order valence-electron chi connectivity index (χ3n) is 2.02. The Labute approximate surface area is 72.7 Å². The van der Waals surface area contributed by atoms with Crippen molar-refractivity contribution >= 4 is 6.09 Å². The molecule has 1 rings (SSSR count). The summed E-state index contributed by atoms with van der Waals surface area (Å²) in [5.41, 5.74) is 7.43. The number of ether oxygens (including phenoxy) is 1. The molecule has 1 saturated heterocycles. The molecule has 0 saturated carbocycles. The summed E-state index contributed by atoms with van der Waals surface area (Å²) in [6, 6.07) is 0.00989. The smallest absolute Gasteiger partial charge is 0.409 e. The molecule has 69 valence electrons. The van der Waals surface area contributed by atoms with Crippen LogP contribution in [0.15, 0.2) is 0 Å². The maximum absolute atomic E-state index is 11.1. The van der Waals surface area contributed by atoms with Gasteiger partial charge in [-0.2, -0.15) is 0 Å². The minimum absolute atomic E-state index is 0.00989. The minimum Gasteiger partial charge on any atom is -0.450 e.